The summed E-state index contributed by atoms with van der Waals surface area (Å²) in [5, 5.41) is 3.18. The zero-order chi connectivity index (χ0) is 8.39. The van der Waals surface area contributed by atoms with E-state index in [4.69, 9.17) is 0 Å². The summed E-state index contributed by atoms with van der Waals surface area (Å²) in [6.45, 7) is 0. The van der Waals surface area contributed by atoms with Crippen molar-refractivity contribution in [3.63, 3.8) is 0 Å². The lowest BCUT2D eigenvalue weighted by Crippen LogP contribution is -2.46. The summed E-state index contributed by atoms with van der Waals surface area (Å²) in [5.74, 6) is 0. The number of hydrogen-bond donors (Lipinski definition) is 1. The van der Waals surface area contributed by atoms with Crippen LogP contribution in [0.3, 0.4) is 0 Å². The number of benzene rings is 1. The fourth-order valence-corrected chi connectivity index (χ4v) is 1.50. The normalized spacial score (nSPS) is 27.7. The molecule has 2 nitrogen and oxygen atoms in total. The maximum absolute atomic E-state index is 10.3. The largest absolute Gasteiger partial charge is 0.302 e. The van der Waals surface area contributed by atoms with E-state index >= 15 is 0 Å². The SMILES string of the molecule is O=CC1CC(c2ccccc2)N1. The van der Waals surface area contributed by atoms with Crippen LogP contribution in [0.4, 0.5) is 0 Å². The van der Waals surface area contributed by atoms with E-state index in [0.29, 0.717) is 6.04 Å². The summed E-state index contributed by atoms with van der Waals surface area (Å²) in [6, 6.07) is 10.7. The number of carbonyl (C=O) groups is 1. The molecule has 1 aromatic rings. The molecule has 12 heavy (non-hydrogen) atoms. The topological polar surface area (TPSA) is 29.1 Å². The first-order valence-electron chi connectivity index (χ1n) is 4.16. The van der Waals surface area contributed by atoms with Crippen LogP contribution in [-0.4, -0.2) is 12.3 Å². The molecule has 0 radical (unpaired) electrons. The second-order valence-electron chi connectivity index (χ2n) is 3.11. The Hall–Kier alpha value is -1.15. The van der Waals surface area contributed by atoms with Crippen molar-refractivity contribution >= 4 is 6.29 Å². The van der Waals surface area contributed by atoms with Gasteiger partial charge in [-0.2, -0.15) is 0 Å². The van der Waals surface area contributed by atoms with E-state index in [-0.39, 0.29) is 6.04 Å². The number of hydrogen-bond acceptors (Lipinski definition) is 2. The Bertz CT molecular complexity index is 264. The second kappa shape index (κ2) is 3.07. The van der Waals surface area contributed by atoms with Gasteiger partial charge in [-0.05, 0) is 12.0 Å². The predicted molar refractivity (Wildman–Crippen MR) is 46.8 cm³/mol. The van der Waals surface area contributed by atoms with Crippen LogP contribution >= 0.6 is 0 Å². The monoisotopic (exact) mass is 161 g/mol. The van der Waals surface area contributed by atoms with Gasteiger partial charge in [-0.3, -0.25) is 0 Å². The Labute approximate surface area is 71.6 Å². The minimum Gasteiger partial charge on any atom is -0.302 e. The molecule has 1 saturated heterocycles. The maximum atomic E-state index is 10.3. The van der Waals surface area contributed by atoms with Crippen LogP contribution in [0.5, 0.6) is 0 Å². The molecule has 2 atom stereocenters. The molecule has 0 aliphatic carbocycles. The van der Waals surface area contributed by atoms with Gasteiger partial charge in [-0.25, -0.2) is 0 Å². The minimum absolute atomic E-state index is 0.0789. The van der Waals surface area contributed by atoms with Gasteiger partial charge in [0, 0.05) is 6.04 Å². The van der Waals surface area contributed by atoms with E-state index in [2.05, 4.69) is 17.4 Å². The van der Waals surface area contributed by atoms with E-state index in [0.717, 1.165) is 12.7 Å². The summed E-state index contributed by atoms with van der Waals surface area (Å²) in [6.07, 6.45) is 1.91. The average Bonchev–Trinajstić information content (AvgIpc) is 2.04. The summed E-state index contributed by atoms with van der Waals surface area (Å²) >= 11 is 0. The van der Waals surface area contributed by atoms with Gasteiger partial charge in [0.15, 0.2) is 0 Å². The Morgan fingerprint density at radius 1 is 1.33 bits per heavy atom. The van der Waals surface area contributed by atoms with Gasteiger partial charge in [-0.1, -0.05) is 30.3 Å². The lowest BCUT2D eigenvalue weighted by Gasteiger charge is -2.33. The van der Waals surface area contributed by atoms with Crippen LogP contribution < -0.4 is 5.32 Å². The Morgan fingerprint density at radius 3 is 2.58 bits per heavy atom. The van der Waals surface area contributed by atoms with E-state index in [1.807, 2.05) is 18.2 Å². The molecular weight excluding hydrogens is 150 g/mol. The van der Waals surface area contributed by atoms with Crippen LogP contribution in [0.1, 0.15) is 18.0 Å². The molecule has 1 heterocycles. The molecule has 2 unspecified atom stereocenters. The molecule has 1 N–H and O–H groups in total. The van der Waals surface area contributed by atoms with Gasteiger partial charge in [0.05, 0.1) is 6.04 Å². The van der Waals surface area contributed by atoms with Gasteiger partial charge in [-0.15, -0.1) is 0 Å². The molecule has 0 aromatic heterocycles. The van der Waals surface area contributed by atoms with Crippen molar-refractivity contribution in [2.24, 2.45) is 0 Å². The zero-order valence-electron chi connectivity index (χ0n) is 6.73. The molecule has 0 amide bonds. The van der Waals surface area contributed by atoms with E-state index in [1.165, 1.54) is 5.56 Å². The zero-order valence-corrected chi connectivity index (χ0v) is 6.73. The van der Waals surface area contributed by atoms with Crippen LogP contribution in [-0.2, 0) is 4.79 Å². The van der Waals surface area contributed by atoms with Crippen molar-refractivity contribution in [1.82, 2.24) is 5.32 Å². The van der Waals surface area contributed by atoms with E-state index in [1.54, 1.807) is 0 Å². The first-order valence-corrected chi connectivity index (χ1v) is 4.16. The fraction of sp³-hybridized carbons (Fsp3) is 0.300. The third-order valence-corrected chi connectivity index (χ3v) is 2.27. The van der Waals surface area contributed by atoms with Crippen LogP contribution in [0, 0.1) is 0 Å². The molecule has 0 spiro atoms. The van der Waals surface area contributed by atoms with Crippen LogP contribution in [0.25, 0.3) is 0 Å². The third-order valence-electron chi connectivity index (χ3n) is 2.27. The Morgan fingerprint density at radius 2 is 2.00 bits per heavy atom. The lowest BCUT2D eigenvalue weighted by molar-refractivity contribution is -0.111. The molecule has 2 rings (SSSR count). The molecule has 1 fully saturated rings. The van der Waals surface area contributed by atoms with Gasteiger partial charge in [0.25, 0.3) is 0 Å². The smallest absolute Gasteiger partial charge is 0.136 e. The number of nitrogens with one attached hydrogen (secondary N) is 1. The molecule has 1 aliphatic rings. The van der Waals surface area contributed by atoms with Gasteiger partial charge >= 0.3 is 0 Å². The Kier molecular flexibility index (Phi) is 1.92. The standard InChI is InChI=1S/C10H11NO/c12-7-9-6-10(11-9)8-4-2-1-3-5-8/h1-5,7,9-11H,6H2. The quantitative estimate of drug-likeness (QED) is 0.662. The van der Waals surface area contributed by atoms with Crippen molar-refractivity contribution in [2.45, 2.75) is 18.5 Å². The van der Waals surface area contributed by atoms with E-state index < -0.39 is 0 Å². The van der Waals surface area contributed by atoms with Crippen molar-refractivity contribution in [2.75, 3.05) is 0 Å². The summed E-state index contributed by atoms with van der Waals surface area (Å²) in [4.78, 5) is 10.3. The number of aldehydes is 1. The summed E-state index contributed by atoms with van der Waals surface area (Å²) in [5.41, 5.74) is 1.27. The van der Waals surface area contributed by atoms with Gasteiger partial charge < -0.3 is 10.1 Å². The molecule has 2 heteroatoms. The molecular formula is C10H11NO. The Balaban J connectivity index is 2.01. The first kappa shape index (κ1) is 7.50. The highest BCUT2D eigenvalue weighted by Gasteiger charge is 2.28. The summed E-state index contributed by atoms with van der Waals surface area (Å²) < 4.78 is 0. The molecule has 0 bridgehead atoms. The number of rotatable bonds is 2. The van der Waals surface area contributed by atoms with E-state index in [9.17, 15) is 4.79 Å². The van der Waals surface area contributed by atoms with Crippen LogP contribution in [0.2, 0.25) is 0 Å². The number of carbonyl (C=O) groups excluding carboxylic acids is 1. The lowest BCUT2D eigenvalue weighted by atomic mass is 9.92. The van der Waals surface area contributed by atoms with Crippen LogP contribution in [0.15, 0.2) is 30.3 Å². The van der Waals surface area contributed by atoms with Crippen molar-refractivity contribution in [1.29, 1.82) is 0 Å². The predicted octanol–water partition coefficient (Wildman–Crippen LogP) is 1.29. The van der Waals surface area contributed by atoms with Gasteiger partial charge in [0.1, 0.15) is 6.29 Å². The average molecular weight is 161 g/mol. The maximum Gasteiger partial charge on any atom is 0.136 e. The second-order valence-corrected chi connectivity index (χ2v) is 3.11. The first-order chi connectivity index (χ1) is 5.90. The highest BCUT2D eigenvalue weighted by molar-refractivity contribution is 5.59. The highest BCUT2D eigenvalue weighted by Crippen LogP contribution is 2.25. The highest BCUT2D eigenvalue weighted by atomic mass is 16.1. The molecule has 1 aromatic carbocycles. The van der Waals surface area contributed by atoms with Crippen molar-refractivity contribution < 1.29 is 4.79 Å². The third kappa shape index (κ3) is 1.25. The van der Waals surface area contributed by atoms with Crippen molar-refractivity contribution in [3.05, 3.63) is 35.9 Å². The van der Waals surface area contributed by atoms with Gasteiger partial charge in [0.2, 0.25) is 0 Å². The fourth-order valence-electron chi connectivity index (χ4n) is 1.50. The summed E-state index contributed by atoms with van der Waals surface area (Å²) in [7, 11) is 0. The minimum atomic E-state index is 0.0789. The molecule has 62 valence electrons. The molecule has 0 saturated carbocycles. The molecule has 1 aliphatic heterocycles. The van der Waals surface area contributed by atoms with Crippen molar-refractivity contribution in [3.8, 4) is 0 Å².